The number of carbonyl (C=O) groups excluding carboxylic acids is 1. The Kier molecular flexibility index (Phi) is 4.00. The lowest BCUT2D eigenvalue weighted by atomic mass is 9.69. The summed E-state index contributed by atoms with van der Waals surface area (Å²) in [6.07, 6.45) is 0.983. The van der Waals surface area contributed by atoms with Gasteiger partial charge in [0, 0.05) is 29.7 Å². The summed E-state index contributed by atoms with van der Waals surface area (Å²) in [5, 5.41) is 14.6. The molecule has 4 aromatic rings. The SMILES string of the molecule is CC1(C)CC2=C(CC1=O)C(c1ccc3ccccc3c1)c1c(ccc3ccc(O)cc13)O2. The maximum atomic E-state index is 13.1. The normalized spacial score (nSPS) is 19.6. The van der Waals surface area contributed by atoms with Crippen molar-refractivity contribution in [2.24, 2.45) is 5.41 Å². The van der Waals surface area contributed by atoms with Gasteiger partial charge in [0.15, 0.2) is 0 Å². The Labute approximate surface area is 187 Å². The van der Waals surface area contributed by atoms with Crippen LogP contribution in [-0.2, 0) is 4.79 Å². The Bertz CT molecular complexity index is 1460. The number of ether oxygens (including phenoxy) is 1. The summed E-state index contributed by atoms with van der Waals surface area (Å²) in [7, 11) is 0. The first-order valence-electron chi connectivity index (χ1n) is 11.1. The zero-order valence-corrected chi connectivity index (χ0v) is 18.2. The topological polar surface area (TPSA) is 46.5 Å². The molecule has 6 rings (SSSR count). The molecule has 158 valence electrons. The van der Waals surface area contributed by atoms with E-state index in [1.165, 1.54) is 10.8 Å². The average Bonchev–Trinajstić information content (AvgIpc) is 2.78. The van der Waals surface area contributed by atoms with Crippen LogP contribution in [0, 0.1) is 5.41 Å². The van der Waals surface area contributed by atoms with E-state index in [1.54, 1.807) is 6.07 Å². The van der Waals surface area contributed by atoms with E-state index in [0.29, 0.717) is 12.8 Å². The van der Waals surface area contributed by atoms with Gasteiger partial charge in [-0.05, 0) is 50.9 Å². The molecule has 2 aliphatic rings. The summed E-state index contributed by atoms with van der Waals surface area (Å²) in [5.74, 6) is 2.11. The molecule has 1 atom stereocenters. The molecular weight excluding hydrogens is 396 g/mol. The Balaban J connectivity index is 1.65. The van der Waals surface area contributed by atoms with Crippen LogP contribution < -0.4 is 4.74 Å². The number of Topliss-reactive ketones (excluding diaryl/α,β-unsaturated/α-hetero) is 1. The molecule has 4 aromatic carbocycles. The average molecular weight is 421 g/mol. The van der Waals surface area contributed by atoms with Gasteiger partial charge < -0.3 is 9.84 Å². The Hall–Kier alpha value is -3.59. The van der Waals surface area contributed by atoms with Gasteiger partial charge in [0.2, 0.25) is 0 Å². The van der Waals surface area contributed by atoms with Gasteiger partial charge >= 0.3 is 0 Å². The van der Waals surface area contributed by atoms with Gasteiger partial charge in [-0.3, -0.25) is 4.79 Å². The van der Waals surface area contributed by atoms with Gasteiger partial charge in [-0.15, -0.1) is 0 Å². The van der Waals surface area contributed by atoms with Crippen LogP contribution in [-0.4, -0.2) is 10.9 Å². The van der Waals surface area contributed by atoms with Crippen LogP contribution in [0.25, 0.3) is 21.5 Å². The molecule has 1 unspecified atom stereocenters. The van der Waals surface area contributed by atoms with Crippen LogP contribution in [0.15, 0.2) is 84.1 Å². The van der Waals surface area contributed by atoms with E-state index in [1.807, 2.05) is 44.2 Å². The highest BCUT2D eigenvalue weighted by Crippen LogP contribution is 2.52. The molecule has 0 spiro atoms. The Morgan fingerprint density at radius 1 is 0.906 bits per heavy atom. The predicted octanol–water partition coefficient (Wildman–Crippen LogP) is 6.87. The first kappa shape index (κ1) is 19.1. The lowest BCUT2D eigenvalue weighted by molar-refractivity contribution is -0.127. The number of benzene rings is 4. The predicted molar refractivity (Wildman–Crippen MR) is 127 cm³/mol. The molecule has 1 heterocycles. The zero-order valence-electron chi connectivity index (χ0n) is 18.2. The number of fused-ring (bicyclic) bond motifs is 4. The minimum Gasteiger partial charge on any atom is -0.508 e. The van der Waals surface area contributed by atoms with Gasteiger partial charge in [-0.25, -0.2) is 0 Å². The number of ketones is 1. The first-order chi connectivity index (χ1) is 15.4. The molecule has 0 fully saturated rings. The molecule has 3 nitrogen and oxygen atoms in total. The van der Waals surface area contributed by atoms with E-state index in [2.05, 4.69) is 36.4 Å². The molecule has 1 aliphatic carbocycles. The number of hydrogen-bond acceptors (Lipinski definition) is 3. The fraction of sp³-hybridized carbons (Fsp3) is 0.207. The van der Waals surface area contributed by atoms with Crippen molar-refractivity contribution in [1.29, 1.82) is 0 Å². The largest absolute Gasteiger partial charge is 0.508 e. The van der Waals surface area contributed by atoms with Crippen molar-refractivity contribution in [1.82, 2.24) is 0 Å². The molecule has 0 bridgehead atoms. The van der Waals surface area contributed by atoms with Crippen molar-refractivity contribution >= 4 is 27.3 Å². The molecule has 0 saturated carbocycles. The molecule has 32 heavy (non-hydrogen) atoms. The van der Waals surface area contributed by atoms with Gasteiger partial charge in [-0.2, -0.15) is 0 Å². The van der Waals surface area contributed by atoms with Crippen LogP contribution in [0.4, 0.5) is 0 Å². The summed E-state index contributed by atoms with van der Waals surface area (Å²) in [6, 6.07) is 24.4. The number of phenols is 1. The lowest BCUT2D eigenvalue weighted by Crippen LogP contribution is -2.34. The second-order valence-electron chi connectivity index (χ2n) is 9.63. The highest BCUT2D eigenvalue weighted by atomic mass is 16.5. The summed E-state index contributed by atoms with van der Waals surface area (Å²) < 4.78 is 6.45. The number of allylic oxidation sites excluding steroid dienone is 2. The van der Waals surface area contributed by atoms with Crippen molar-refractivity contribution < 1.29 is 14.6 Å². The van der Waals surface area contributed by atoms with Crippen LogP contribution in [0.2, 0.25) is 0 Å². The van der Waals surface area contributed by atoms with E-state index in [0.717, 1.165) is 39.0 Å². The number of aromatic hydroxyl groups is 1. The molecule has 0 amide bonds. The molecule has 0 aromatic heterocycles. The van der Waals surface area contributed by atoms with Crippen LogP contribution in [0.3, 0.4) is 0 Å². The second-order valence-corrected chi connectivity index (χ2v) is 9.63. The smallest absolute Gasteiger partial charge is 0.143 e. The van der Waals surface area contributed by atoms with Crippen molar-refractivity contribution in [2.45, 2.75) is 32.6 Å². The maximum absolute atomic E-state index is 13.1. The molecule has 0 saturated heterocycles. The Morgan fingerprint density at radius 2 is 1.66 bits per heavy atom. The zero-order chi connectivity index (χ0) is 22.0. The fourth-order valence-corrected chi connectivity index (χ4v) is 5.25. The third-order valence-electron chi connectivity index (χ3n) is 7.05. The van der Waals surface area contributed by atoms with E-state index in [9.17, 15) is 9.90 Å². The molecule has 1 aliphatic heterocycles. The van der Waals surface area contributed by atoms with Gasteiger partial charge in [-0.1, -0.05) is 68.4 Å². The van der Waals surface area contributed by atoms with Crippen molar-refractivity contribution in [3.05, 3.63) is 95.3 Å². The quantitative estimate of drug-likeness (QED) is 0.366. The van der Waals surface area contributed by atoms with E-state index >= 15 is 0 Å². The highest BCUT2D eigenvalue weighted by Gasteiger charge is 2.42. The van der Waals surface area contributed by atoms with Crippen molar-refractivity contribution in [2.75, 3.05) is 0 Å². The minimum absolute atomic E-state index is 0.0936. The van der Waals surface area contributed by atoms with Crippen LogP contribution in [0.1, 0.15) is 43.7 Å². The van der Waals surface area contributed by atoms with Crippen LogP contribution >= 0.6 is 0 Å². The first-order valence-corrected chi connectivity index (χ1v) is 11.1. The molecular formula is C29H24O3. The second kappa shape index (κ2) is 6.70. The standard InChI is InChI=1S/C29H24O3/c1-29(2)16-25-23(15-26(29)31)27(20-8-7-17-5-3-4-6-19(17)13-20)28-22-14-21(30)11-9-18(22)10-12-24(28)32-25/h3-14,27,30H,15-16H2,1-2H3. The highest BCUT2D eigenvalue weighted by molar-refractivity contribution is 5.94. The van der Waals surface area contributed by atoms with E-state index < -0.39 is 5.41 Å². The number of phenolic OH excluding ortho intramolecular Hbond substituents is 1. The third-order valence-corrected chi connectivity index (χ3v) is 7.05. The monoisotopic (exact) mass is 420 g/mol. The van der Waals surface area contributed by atoms with Crippen molar-refractivity contribution in [3.8, 4) is 11.5 Å². The fourth-order valence-electron chi connectivity index (χ4n) is 5.25. The maximum Gasteiger partial charge on any atom is 0.143 e. The van der Waals surface area contributed by atoms with Crippen LogP contribution in [0.5, 0.6) is 11.5 Å². The minimum atomic E-state index is -0.431. The van der Waals surface area contributed by atoms with Gasteiger partial charge in [0.25, 0.3) is 0 Å². The molecule has 3 heteroatoms. The number of rotatable bonds is 1. The summed E-state index contributed by atoms with van der Waals surface area (Å²) in [6.45, 7) is 4.00. The van der Waals surface area contributed by atoms with Crippen molar-refractivity contribution in [3.63, 3.8) is 0 Å². The number of hydrogen-bond donors (Lipinski definition) is 1. The Morgan fingerprint density at radius 3 is 2.50 bits per heavy atom. The van der Waals surface area contributed by atoms with Gasteiger partial charge in [0.05, 0.1) is 0 Å². The lowest BCUT2D eigenvalue weighted by Gasteiger charge is -2.39. The van der Waals surface area contributed by atoms with E-state index in [4.69, 9.17) is 4.74 Å². The summed E-state index contributed by atoms with van der Waals surface area (Å²) in [5.41, 5.74) is 2.79. The number of carbonyl (C=O) groups is 1. The third kappa shape index (κ3) is 2.85. The van der Waals surface area contributed by atoms with E-state index in [-0.39, 0.29) is 17.5 Å². The molecule has 0 radical (unpaired) electrons. The van der Waals surface area contributed by atoms with Gasteiger partial charge in [0.1, 0.15) is 23.0 Å². The summed E-state index contributed by atoms with van der Waals surface area (Å²) >= 11 is 0. The molecule has 1 N–H and O–H groups in total. The summed E-state index contributed by atoms with van der Waals surface area (Å²) in [4.78, 5) is 13.1.